The van der Waals surface area contributed by atoms with Crippen LogP contribution in [0.1, 0.15) is 25.7 Å². The largest absolute Gasteiger partial charge is 0.393 e. The van der Waals surface area contributed by atoms with Crippen LogP contribution in [0.4, 0.5) is 5.69 Å². The molecular weight excluding hydrogens is 242 g/mol. The Labute approximate surface area is 114 Å². The molecule has 1 saturated carbocycles. The van der Waals surface area contributed by atoms with Gasteiger partial charge in [0.25, 0.3) is 0 Å². The number of aliphatic hydroxyl groups is 1. The number of anilines is 1. The van der Waals surface area contributed by atoms with Gasteiger partial charge < -0.3 is 10.0 Å². The zero-order valence-electron chi connectivity index (χ0n) is 11.3. The van der Waals surface area contributed by atoms with Crippen molar-refractivity contribution >= 4 is 17.4 Å². The summed E-state index contributed by atoms with van der Waals surface area (Å²) in [6, 6.07) is 8.76. The molecule has 2 rings (SSSR count). The maximum Gasteiger partial charge on any atom is 0.0540 e. The lowest BCUT2D eigenvalue weighted by atomic mass is 9.87. The molecule has 1 aliphatic carbocycles. The minimum absolute atomic E-state index is 0.0487. The Balaban J connectivity index is 1.88. The van der Waals surface area contributed by atoms with E-state index in [-0.39, 0.29) is 6.10 Å². The van der Waals surface area contributed by atoms with E-state index < -0.39 is 0 Å². The lowest BCUT2D eigenvalue weighted by Gasteiger charge is -2.30. The summed E-state index contributed by atoms with van der Waals surface area (Å²) in [5.74, 6) is 0.735. The highest BCUT2D eigenvalue weighted by atomic mass is 32.2. The molecule has 0 radical (unpaired) electrons. The third kappa shape index (κ3) is 3.66. The minimum Gasteiger partial charge on any atom is -0.393 e. The van der Waals surface area contributed by atoms with Crippen LogP contribution in [-0.2, 0) is 0 Å². The van der Waals surface area contributed by atoms with E-state index in [1.807, 2.05) is 0 Å². The first-order valence-electron chi connectivity index (χ1n) is 6.72. The number of aliphatic hydroxyl groups excluding tert-OH is 1. The van der Waals surface area contributed by atoms with Crippen LogP contribution in [0.15, 0.2) is 29.2 Å². The summed E-state index contributed by atoms with van der Waals surface area (Å²) in [5.41, 5.74) is 1.29. The molecule has 0 atom stereocenters. The summed E-state index contributed by atoms with van der Waals surface area (Å²) in [5, 5.41) is 9.52. The predicted octanol–water partition coefficient (Wildman–Crippen LogP) is 3.40. The summed E-state index contributed by atoms with van der Waals surface area (Å²) in [6.45, 7) is 1.10. The van der Waals surface area contributed by atoms with E-state index in [1.165, 1.54) is 10.6 Å². The molecule has 100 valence electrons. The molecule has 2 nitrogen and oxygen atoms in total. The summed E-state index contributed by atoms with van der Waals surface area (Å²) in [4.78, 5) is 3.65. The molecule has 3 heteroatoms. The minimum atomic E-state index is -0.0487. The SMILES string of the molecule is CSc1ccc(N(C)CC2CCC(O)CC2)cc1. The van der Waals surface area contributed by atoms with Gasteiger partial charge in [0.1, 0.15) is 0 Å². The highest BCUT2D eigenvalue weighted by molar-refractivity contribution is 7.98. The average molecular weight is 265 g/mol. The highest BCUT2D eigenvalue weighted by Crippen LogP contribution is 2.27. The van der Waals surface area contributed by atoms with Crippen LogP contribution in [0.2, 0.25) is 0 Å². The molecule has 1 aromatic carbocycles. The summed E-state index contributed by atoms with van der Waals surface area (Å²) in [7, 11) is 2.17. The van der Waals surface area contributed by atoms with Gasteiger partial charge >= 0.3 is 0 Å². The monoisotopic (exact) mass is 265 g/mol. The van der Waals surface area contributed by atoms with Crippen LogP contribution in [-0.4, -0.2) is 31.1 Å². The van der Waals surface area contributed by atoms with Crippen LogP contribution in [0.5, 0.6) is 0 Å². The number of hydrogen-bond acceptors (Lipinski definition) is 3. The van der Waals surface area contributed by atoms with Gasteiger partial charge in [-0.3, -0.25) is 0 Å². The summed E-state index contributed by atoms with van der Waals surface area (Å²) >= 11 is 1.78. The zero-order valence-corrected chi connectivity index (χ0v) is 12.1. The van der Waals surface area contributed by atoms with E-state index in [4.69, 9.17) is 0 Å². The molecule has 0 unspecified atom stereocenters. The number of nitrogens with zero attached hydrogens (tertiary/aromatic N) is 1. The molecule has 1 fully saturated rings. The van der Waals surface area contributed by atoms with Crippen LogP contribution < -0.4 is 4.90 Å². The van der Waals surface area contributed by atoms with Gasteiger partial charge in [-0.1, -0.05) is 0 Å². The normalized spacial score (nSPS) is 23.9. The van der Waals surface area contributed by atoms with E-state index >= 15 is 0 Å². The van der Waals surface area contributed by atoms with Crippen molar-refractivity contribution in [2.24, 2.45) is 5.92 Å². The van der Waals surface area contributed by atoms with Crippen molar-refractivity contribution in [1.82, 2.24) is 0 Å². The van der Waals surface area contributed by atoms with Crippen molar-refractivity contribution in [3.8, 4) is 0 Å². The van der Waals surface area contributed by atoms with Crippen LogP contribution in [0, 0.1) is 5.92 Å². The van der Waals surface area contributed by atoms with E-state index in [0.29, 0.717) is 0 Å². The molecular formula is C15H23NOS. The fourth-order valence-electron chi connectivity index (χ4n) is 2.66. The van der Waals surface area contributed by atoms with Crippen molar-refractivity contribution in [3.05, 3.63) is 24.3 Å². The number of thioether (sulfide) groups is 1. The van der Waals surface area contributed by atoms with Crippen molar-refractivity contribution in [2.75, 3.05) is 24.7 Å². The molecule has 1 aliphatic rings. The molecule has 0 bridgehead atoms. The Kier molecular flexibility index (Phi) is 4.95. The molecule has 0 spiro atoms. The van der Waals surface area contributed by atoms with Crippen LogP contribution >= 0.6 is 11.8 Å². The first kappa shape index (κ1) is 13.8. The smallest absolute Gasteiger partial charge is 0.0540 e. The maximum atomic E-state index is 9.52. The Bertz CT molecular complexity index is 357. The number of hydrogen-bond donors (Lipinski definition) is 1. The standard InChI is InChI=1S/C15H23NOS/c1-16(11-12-3-7-14(17)8-4-12)13-5-9-15(18-2)10-6-13/h5-6,9-10,12,14,17H,3-4,7-8,11H2,1-2H3. The van der Waals surface area contributed by atoms with Gasteiger partial charge in [-0.2, -0.15) is 0 Å². The average Bonchev–Trinajstić information content (AvgIpc) is 2.41. The van der Waals surface area contributed by atoms with E-state index in [9.17, 15) is 5.11 Å². The third-order valence-corrected chi connectivity index (χ3v) is 4.61. The van der Waals surface area contributed by atoms with E-state index in [0.717, 1.165) is 38.1 Å². The van der Waals surface area contributed by atoms with Gasteiger partial charge in [0.05, 0.1) is 6.10 Å². The second-order valence-corrected chi connectivity index (χ2v) is 6.13. The van der Waals surface area contributed by atoms with E-state index in [1.54, 1.807) is 11.8 Å². The van der Waals surface area contributed by atoms with Crippen LogP contribution in [0.3, 0.4) is 0 Å². The second-order valence-electron chi connectivity index (χ2n) is 5.25. The molecule has 1 aromatic rings. The quantitative estimate of drug-likeness (QED) is 0.844. The number of rotatable bonds is 4. The van der Waals surface area contributed by atoms with Gasteiger partial charge in [0.15, 0.2) is 0 Å². The predicted molar refractivity (Wildman–Crippen MR) is 79.5 cm³/mol. The molecule has 0 aromatic heterocycles. The van der Waals surface area contributed by atoms with Crippen molar-refractivity contribution in [3.63, 3.8) is 0 Å². The van der Waals surface area contributed by atoms with E-state index in [2.05, 4.69) is 42.5 Å². The first-order chi connectivity index (χ1) is 8.69. The van der Waals surface area contributed by atoms with Crippen LogP contribution in [0.25, 0.3) is 0 Å². The molecule has 18 heavy (non-hydrogen) atoms. The van der Waals surface area contributed by atoms with Gasteiger partial charge in [-0.15, -0.1) is 11.8 Å². The first-order valence-corrected chi connectivity index (χ1v) is 7.94. The van der Waals surface area contributed by atoms with Gasteiger partial charge in [0, 0.05) is 24.2 Å². The molecule has 0 heterocycles. The second kappa shape index (κ2) is 6.48. The van der Waals surface area contributed by atoms with Crippen molar-refractivity contribution in [1.29, 1.82) is 0 Å². The van der Waals surface area contributed by atoms with Crippen molar-refractivity contribution in [2.45, 2.75) is 36.7 Å². The van der Waals surface area contributed by atoms with Gasteiger partial charge in [0.2, 0.25) is 0 Å². The van der Waals surface area contributed by atoms with Crippen molar-refractivity contribution < 1.29 is 5.11 Å². The topological polar surface area (TPSA) is 23.5 Å². The Morgan fingerprint density at radius 3 is 2.33 bits per heavy atom. The fourth-order valence-corrected chi connectivity index (χ4v) is 3.07. The third-order valence-electron chi connectivity index (χ3n) is 3.86. The molecule has 0 aliphatic heterocycles. The maximum absolute atomic E-state index is 9.52. The fraction of sp³-hybridized carbons (Fsp3) is 0.600. The van der Waals surface area contributed by atoms with Gasteiger partial charge in [-0.05, 0) is 62.1 Å². The lowest BCUT2D eigenvalue weighted by molar-refractivity contribution is 0.110. The lowest BCUT2D eigenvalue weighted by Crippen LogP contribution is -2.29. The Hall–Kier alpha value is -0.670. The summed E-state index contributed by atoms with van der Waals surface area (Å²) in [6.07, 6.45) is 6.33. The van der Waals surface area contributed by atoms with Gasteiger partial charge in [-0.25, -0.2) is 0 Å². The Morgan fingerprint density at radius 1 is 1.17 bits per heavy atom. The molecule has 1 N–H and O–H groups in total. The Morgan fingerprint density at radius 2 is 1.78 bits per heavy atom. The highest BCUT2D eigenvalue weighted by Gasteiger charge is 2.20. The summed E-state index contributed by atoms with van der Waals surface area (Å²) < 4.78 is 0. The zero-order chi connectivity index (χ0) is 13.0. The number of benzene rings is 1. The molecule has 0 saturated heterocycles. The molecule has 0 amide bonds.